The van der Waals surface area contributed by atoms with E-state index in [0.29, 0.717) is 18.7 Å². The molecule has 2 aromatic carbocycles. The minimum atomic E-state index is -0.0575. The van der Waals surface area contributed by atoms with Gasteiger partial charge in [0.1, 0.15) is 5.75 Å². The van der Waals surface area contributed by atoms with Gasteiger partial charge in [0.2, 0.25) is 0 Å². The molecule has 4 nitrogen and oxygen atoms in total. The molecule has 1 amide bonds. The number of benzene rings is 2. The summed E-state index contributed by atoms with van der Waals surface area (Å²) in [5, 5.41) is 15.5. The molecule has 3 N–H and O–H groups in total. The zero-order valence-electron chi connectivity index (χ0n) is 12.1. The molecule has 0 aliphatic carbocycles. The standard InChI is InChI=1S/C17H20N2O2/c1-2-9-18-17(21)14-6-4-7-15(11-14)19-12-13-5-3-8-16(20)10-13/h3-8,10-11,19-20H,2,9,12H2,1H3,(H,18,21). The number of hydrogen-bond donors (Lipinski definition) is 3. The van der Waals surface area contributed by atoms with Gasteiger partial charge in [0.05, 0.1) is 0 Å². The number of anilines is 1. The Hall–Kier alpha value is -2.49. The van der Waals surface area contributed by atoms with Crippen molar-refractivity contribution >= 4 is 11.6 Å². The van der Waals surface area contributed by atoms with Gasteiger partial charge in [-0.25, -0.2) is 0 Å². The Bertz CT molecular complexity index is 611. The summed E-state index contributed by atoms with van der Waals surface area (Å²) in [5.41, 5.74) is 2.50. The van der Waals surface area contributed by atoms with Crippen molar-refractivity contribution in [2.24, 2.45) is 0 Å². The lowest BCUT2D eigenvalue weighted by atomic mass is 10.1. The van der Waals surface area contributed by atoms with E-state index in [9.17, 15) is 9.90 Å². The van der Waals surface area contributed by atoms with Gasteiger partial charge in [0, 0.05) is 24.3 Å². The molecule has 0 aliphatic rings. The van der Waals surface area contributed by atoms with E-state index in [0.717, 1.165) is 17.7 Å². The molecule has 0 heterocycles. The van der Waals surface area contributed by atoms with Crippen LogP contribution < -0.4 is 10.6 Å². The highest BCUT2D eigenvalue weighted by Gasteiger charge is 2.05. The first-order chi connectivity index (χ1) is 10.2. The molecule has 0 bridgehead atoms. The molecule has 4 heteroatoms. The molecule has 0 atom stereocenters. The van der Waals surface area contributed by atoms with Crippen molar-refractivity contribution in [2.75, 3.05) is 11.9 Å². The van der Waals surface area contributed by atoms with Crippen molar-refractivity contribution in [1.29, 1.82) is 0 Å². The van der Waals surface area contributed by atoms with Crippen molar-refractivity contribution in [2.45, 2.75) is 19.9 Å². The maximum absolute atomic E-state index is 11.9. The average Bonchev–Trinajstić information content (AvgIpc) is 2.51. The number of carbonyl (C=O) groups excluding carboxylic acids is 1. The highest BCUT2D eigenvalue weighted by Crippen LogP contribution is 2.15. The second-order valence-corrected chi connectivity index (χ2v) is 4.86. The van der Waals surface area contributed by atoms with Gasteiger partial charge in [-0.3, -0.25) is 4.79 Å². The summed E-state index contributed by atoms with van der Waals surface area (Å²) in [7, 11) is 0. The number of rotatable bonds is 6. The molecule has 0 fully saturated rings. The van der Waals surface area contributed by atoms with Gasteiger partial charge in [-0.15, -0.1) is 0 Å². The molecule has 21 heavy (non-hydrogen) atoms. The Labute approximate surface area is 124 Å². The summed E-state index contributed by atoms with van der Waals surface area (Å²) >= 11 is 0. The van der Waals surface area contributed by atoms with Crippen LogP contribution >= 0.6 is 0 Å². The van der Waals surface area contributed by atoms with Gasteiger partial charge >= 0.3 is 0 Å². The summed E-state index contributed by atoms with van der Waals surface area (Å²) in [4.78, 5) is 11.9. The molecular formula is C17H20N2O2. The minimum absolute atomic E-state index is 0.0575. The van der Waals surface area contributed by atoms with E-state index >= 15 is 0 Å². The van der Waals surface area contributed by atoms with Crippen LogP contribution in [0.15, 0.2) is 48.5 Å². The van der Waals surface area contributed by atoms with Gasteiger partial charge in [-0.05, 0) is 42.3 Å². The number of aromatic hydroxyl groups is 1. The van der Waals surface area contributed by atoms with Gasteiger partial charge in [-0.1, -0.05) is 25.1 Å². The monoisotopic (exact) mass is 284 g/mol. The molecule has 110 valence electrons. The zero-order valence-corrected chi connectivity index (χ0v) is 12.1. The van der Waals surface area contributed by atoms with Crippen LogP contribution in [0, 0.1) is 0 Å². The van der Waals surface area contributed by atoms with Crippen LogP contribution in [0.3, 0.4) is 0 Å². The number of phenols is 1. The third kappa shape index (κ3) is 4.53. The summed E-state index contributed by atoms with van der Waals surface area (Å²) < 4.78 is 0. The molecule has 0 aromatic heterocycles. The van der Waals surface area contributed by atoms with Crippen LogP contribution in [-0.4, -0.2) is 17.6 Å². The van der Waals surface area contributed by atoms with Gasteiger partial charge in [0.25, 0.3) is 5.91 Å². The smallest absolute Gasteiger partial charge is 0.251 e. The van der Waals surface area contributed by atoms with Crippen molar-refractivity contribution in [3.8, 4) is 5.75 Å². The summed E-state index contributed by atoms with van der Waals surface area (Å²) in [6, 6.07) is 14.5. The molecule has 0 spiro atoms. The normalized spacial score (nSPS) is 10.1. The van der Waals surface area contributed by atoms with Crippen LogP contribution in [0.4, 0.5) is 5.69 Å². The molecular weight excluding hydrogens is 264 g/mol. The average molecular weight is 284 g/mol. The predicted octanol–water partition coefficient (Wildman–Crippen LogP) is 3.14. The van der Waals surface area contributed by atoms with Crippen molar-refractivity contribution in [1.82, 2.24) is 5.32 Å². The van der Waals surface area contributed by atoms with Crippen molar-refractivity contribution in [3.05, 3.63) is 59.7 Å². The third-order valence-electron chi connectivity index (χ3n) is 3.07. The van der Waals surface area contributed by atoms with Crippen LogP contribution in [-0.2, 0) is 6.54 Å². The van der Waals surface area contributed by atoms with Crippen LogP contribution in [0.5, 0.6) is 5.75 Å². The first-order valence-corrected chi connectivity index (χ1v) is 7.09. The topological polar surface area (TPSA) is 61.4 Å². The Morgan fingerprint density at radius 1 is 1.14 bits per heavy atom. The summed E-state index contributed by atoms with van der Waals surface area (Å²) in [6.45, 7) is 3.29. The molecule has 0 radical (unpaired) electrons. The fourth-order valence-electron chi connectivity index (χ4n) is 1.98. The van der Waals surface area contributed by atoms with E-state index in [2.05, 4.69) is 10.6 Å². The van der Waals surface area contributed by atoms with Crippen LogP contribution in [0.25, 0.3) is 0 Å². The van der Waals surface area contributed by atoms with E-state index in [4.69, 9.17) is 0 Å². The van der Waals surface area contributed by atoms with E-state index in [1.54, 1.807) is 24.3 Å². The number of phenolic OH excluding ortho intramolecular Hbond substituents is 1. The first kappa shape index (κ1) is 14.9. The summed E-state index contributed by atoms with van der Waals surface area (Å²) in [5.74, 6) is 0.194. The van der Waals surface area contributed by atoms with Crippen molar-refractivity contribution < 1.29 is 9.90 Å². The highest BCUT2D eigenvalue weighted by atomic mass is 16.3. The van der Waals surface area contributed by atoms with Crippen molar-refractivity contribution in [3.63, 3.8) is 0 Å². The van der Waals surface area contributed by atoms with Gasteiger partial charge in [-0.2, -0.15) is 0 Å². The largest absolute Gasteiger partial charge is 0.508 e. The second kappa shape index (κ2) is 7.33. The quantitative estimate of drug-likeness (QED) is 0.763. The van der Waals surface area contributed by atoms with Gasteiger partial charge in [0.15, 0.2) is 0 Å². The number of hydrogen-bond acceptors (Lipinski definition) is 3. The molecule has 0 saturated heterocycles. The maximum Gasteiger partial charge on any atom is 0.251 e. The third-order valence-corrected chi connectivity index (χ3v) is 3.07. The molecule has 0 unspecified atom stereocenters. The lowest BCUT2D eigenvalue weighted by Crippen LogP contribution is -2.23. The lowest BCUT2D eigenvalue weighted by molar-refractivity contribution is 0.0953. The van der Waals surface area contributed by atoms with E-state index < -0.39 is 0 Å². The Balaban J connectivity index is 1.99. The fourth-order valence-corrected chi connectivity index (χ4v) is 1.98. The first-order valence-electron chi connectivity index (χ1n) is 7.09. The lowest BCUT2D eigenvalue weighted by Gasteiger charge is -2.09. The fraction of sp³-hybridized carbons (Fsp3) is 0.235. The predicted molar refractivity (Wildman–Crippen MR) is 84.5 cm³/mol. The SMILES string of the molecule is CCCNC(=O)c1cccc(NCc2cccc(O)c2)c1. The van der Waals surface area contributed by atoms with Crippen LogP contribution in [0.2, 0.25) is 0 Å². The van der Waals surface area contributed by atoms with Crippen LogP contribution in [0.1, 0.15) is 29.3 Å². The molecule has 0 aliphatic heterocycles. The van der Waals surface area contributed by atoms with Gasteiger partial charge < -0.3 is 15.7 Å². The number of nitrogens with one attached hydrogen (secondary N) is 2. The Morgan fingerprint density at radius 2 is 1.95 bits per heavy atom. The zero-order chi connectivity index (χ0) is 15.1. The number of carbonyl (C=O) groups is 1. The van der Waals surface area contributed by atoms with E-state index in [1.165, 1.54) is 0 Å². The summed E-state index contributed by atoms with van der Waals surface area (Å²) in [6.07, 6.45) is 0.918. The second-order valence-electron chi connectivity index (χ2n) is 4.86. The maximum atomic E-state index is 11.9. The minimum Gasteiger partial charge on any atom is -0.508 e. The number of amides is 1. The Morgan fingerprint density at radius 3 is 2.71 bits per heavy atom. The van der Waals surface area contributed by atoms with E-state index in [-0.39, 0.29) is 11.7 Å². The molecule has 2 aromatic rings. The molecule has 2 rings (SSSR count). The highest BCUT2D eigenvalue weighted by molar-refractivity contribution is 5.95. The van der Waals surface area contributed by atoms with E-state index in [1.807, 2.05) is 31.2 Å². The molecule has 0 saturated carbocycles. The Kier molecular flexibility index (Phi) is 5.21.